The molecule has 8 aromatic rings. The summed E-state index contributed by atoms with van der Waals surface area (Å²) < 4.78 is 4.68. The minimum Gasteiger partial charge on any atom is -0.311 e. The minimum atomic E-state index is 1.09. The van der Waals surface area contributed by atoms with E-state index in [0.717, 1.165) is 39.7 Å². The van der Waals surface area contributed by atoms with Gasteiger partial charge in [0.25, 0.3) is 0 Å². The van der Waals surface area contributed by atoms with E-state index in [1.807, 2.05) is 6.08 Å². The van der Waals surface area contributed by atoms with Crippen LogP contribution in [-0.4, -0.2) is 9.13 Å². The number of benzene rings is 6. The van der Waals surface area contributed by atoms with Crippen molar-refractivity contribution in [2.24, 2.45) is 0 Å². The standard InChI is InChI=1S/C43H33N3/c1-3-14-40-36(4-2)37-17-8-11-20-41(37)45(40)34-27-23-32(24-28-34)44(31-15-6-5-7-16-31)33-25-29-35(30-26-33)46-42-21-12-9-18-38(42)39-19-10-13-22-43(39)46/h3-30H,2H2,1H3/b14-3-. The topological polar surface area (TPSA) is 13.1 Å². The van der Waals surface area contributed by atoms with Gasteiger partial charge in [-0.2, -0.15) is 0 Å². The van der Waals surface area contributed by atoms with Crippen molar-refractivity contribution < 1.29 is 0 Å². The summed E-state index contributed by atoms with van der Waals surface area (Å²) in [4.78, 5) is 2.31. The highest BCUT2D eigenvalue weighted by Gasteiger charge is 2.17. The first-order valence-electron chi connectivity index (χ1n) is 15.7. The van der Waals surface area contributed by atoms with Gasteiger partial charge in [0.1, 0.15) is 0 Å². The fraction of sp³-hybridized carbons (Fsp3) is 0.0233. The lowest BCUT2D eigenvalue weighted by atomic mass is 10.1. The summed E-state index contributed by atoms with van der Waals surface area (Å²) in [6.45, 7) is 6.19. The summed E-state index contributed by atoms with van der Waals surface area (Å²) in [6, 6.07) is 54.1. The van der Waals surface area contributed by atoms with Crippen LogP contribution in [0.15, 0.2) is 164 Å². The number of hydrogen-bond acceptors (Lipinski definition) is 1. The molecule has 0 unspecified atom stereocenters. The average molecular weight is 592 g/mol. The maximum atomic E-state index is 4.13. The molecular weight excluding hydrogens is 558 g/mol. The van der Waals surface area contributed by atoms with Gasteiger partial charge in [-0.1, -0.05) is 91.5 Å². The van der Waals surface area contributed by atoms with E-state index in [2.05, 4.69) is 191 Å². The lowest BCUT2D eigenvalue weighted by molar-refractivity contribution is 1.10. The minimum absolute atomic E-state index is 1.09. The van der Waals surface area contributed by atoms with E-state index in [9.17, 15) is 0 Å². The van der Waals surface area contributed by atoms with Crippen LogP contribution in [0, 0.1) is 0 Å². The Balaban J connectivity index is 1.23. The molecule has 3 nitrogen and oxygen atoms in total. The Morgan fingerprint density at radius 1 is 0.478 bits per heavy atom. The highest BCUT2D eigenvalue weighted by Crippen LogP contribution is 2.38. The third-order valence-electron chi connectivity index (χ3n) is 8.81. The Bertz CT molecular complexity index is 2320. The van der Waals surface area contributed by atoms with E-state index in [0.29, 0.717) is 0 Å². The van der Waals surface area contributed by atoms with Crippen molar-refractivity contribution in [3.8, 4) is 11.4 Å². The second-order valence-corrected chi connectivity index (χ2v) is 11.4. The van der Waals surface area contributed by atoms with Crippen molar-refractivity contribution >= 4 is 61.9 Å². The van der Waals surface area contributed by atoms with E-state index in [1.54, 1.807) is 0 Å². The van der Waals surface area contributed by atoms with Crippen LogP contribution in [-0.2, 0) is 0 Å². The van der Waals surface area contributed by atoms with Crippen molar-refractivity contribution in [3.63, 3.8) is 0 Å². The van der Waals surface area contributed by atoms with Gasteiger partial charge in [0, 0.05) is 50.2 Å². The predicted octanol–water partition coefficient (Wildman–Crippen LogP) is 11.9. The molecule has 0 aliphatic heterocycles. The van der Waals surface area contributed by atoms with Crippen molar-refractivity contribution in [3.05, 3.63) is 176 Å². The molecule has 0 radical (unpaired) electrons. The second kappa shape index (κ2) is 11.5. The SMILES string of the molecule is C=Cc1c(/C=C\C)n(-c2ccc(N(c3ccccc3)c3ccc(-n4c5ccccc5c5ccccc54)cc3)cc2)c2ccccc12. The Kier molecular flexibility index (Phi) is 6.85. The number of fused-ring (bicyclic) bond motifs is 4. The normalized spacial score (nSPS) is 11.6. The second-order valence-electron chi connectivity index (χ2n) is 11.4. The molecule has 0 saturated carbocycles. The van der Waals surface area contributed by atoms with Gasteiger partial charge in [0.15, 0.2) is 0 Å². The van der Waals surface area contributed by atoms with Gasteiger partial charge >= 0.3 is 0 Å². The molecule has 0 aliphatic rings. The van der Waals surface area contributed by atoms with Crippen LogP contribution >= 0.6 is 0 Å². The molecule has 6 aromatic carbocycles. The molecule has 8 rings (SSSR count). The molecule has 220 valence electrons. The molecule has 0 spiro atoms. The fourth-order valence-electron chi connectivity index (χ4n) is 6.83. The number of rotatable bonds is 7. The maximum absolute atomic E-state index is 4.13. The Labute approximate surface area is 269 Å². The first-order valence-corrected chi connectivity index (χ1v) is 15.7. The quantitative estimate of drug-likeness (QED) is 0.180. The predicted molar refractivity (Wildman–Crippen MR) is 197 cm³/mol. The first kappa shape index (κ1) is 27.5. The van der Waals surface area contributed by atoms with E-state index in [1.165, 1.54) is 32.7 Å². The van der Waals surface area contributed by atoms with E-state index in [4.69, 9.17) is 0 Å². The van der Waals surface area contributed by atoms with Crippen molar-refractivity contribution in [1.29, 1.82) is 0 Å². The van der Waals surface area contributed by atoms with Crippen LogP contribution in [0.2, 0.25) is 0 Å². The Morgan fingerprint density at radius 2 is 0.913 bits per heavy atom. The first-order chi connectivity index (χ1) is 22.8. The molecule has 0 atom stereocenters. The van der Waals surface area contributed by atoms with Gasteiger partial charge in [0.05, 0.1) is 22.2 Å². The van der Waals surface area contributed by atoms with Crippen LogP contribution < -0.4 is 4.90 Å². The van der Waals surface area contributed by atoms with Crippen LogP contribution in [0.5, 0.6) is 0 Å². The lowest BCUT2D eigenvalue weighted by Gasteiger charge is -2.26. The maximum Gasteiger partial charge on any atom is 0.0541 e. The number of hydrogen-bond donors (Lipinski definition) is 0. The van der Waals surface area contributed by atoms with Crippen molar-refractivity contribution in [2.45, 2.75) is 6.92 Å². The lowest BCUT2D eigenvalue weighted by Crippen LogP contribution is -2.10. The summed E-state index contributed by atoms with van der Waals surface area (Å²) in [5.74, 6) is 0. The number of allylic oxidation sites excluding steroid dienone is 1. The third-order valence-corrected chi connectivity index (χ3v) is 8.81. The van der Waals surface area contributed by atoms with E-state index in [-0.39, 0.29) is 0 Å². The third kappa shape index (κ3) is 4.44. The Morgan fingerprint density at radius 3 is 1.43 bits per heavy atom. The molecule has 46 heavy (non-hydrogen) atoms. The molecule has 2 heterocycles. The smallest absolute Gasteiger partial charge is 0.0541 e. The largest absolute Gasteiger partial charge is 0.311 e. The molecule has 2 aromatic heterocycles. The highest BCUT2D eigenvalue weighted by molar-refractivity contribution is 6.09. The van der Waals surface area contributed by atoms with Gasteiger partial charge in [0.2, 0.25) is 0 Å². The van der Waals surface area contributed by atoms with Crippen LogP contribution in [0.25, 0.3) is 56.2 Å². The van der Waals surface area contributed by atoms with Gasteiger partial charge < -0.3 is 14.0 Å². The molecule has 0 bridgehead atoms. The van der Waals surface area contributed by atoms with Crippen LogP contribution in [0.4, 0.5) is 17.1 Å². The summed E-state index contributed by atoms with van der Waals surface area (Å²) in [7, 11) is 0. The number of para-hydroxylation sites is 4. The molecule has 0 aliphatic carbocycles. The van der Waals surface area contributed by atoms with Gasteiger partial charge in [-0.15, -0.1) is 0 Å². The average Bonchev–Trinajstić information content (AvgIpc) is 3.62. The van der Waals surface area contributed by atoms with Crippen molar-refractivity contribution in [1.82, 2.24) is 9.13 Å². The van der Waals surface area contributed by atoms with Crippen LogP contribution in [0.3, 0.4) is 0 Å². The van der Waals surface area contributed by atoms with Gasteiger partial charge in [-0.3, -0.25) is 0 Å². The molecule has 0 amide bonds. The van der Waals surface area contributed by atoms with E-state index >= 15 is 0 Å². The summed E-state index contributed by atoms with van der Waals surface area (Å²) in [5.41, 5.74) is 11.4. The highest BCUT2D eigenvalue weighted by atomic mass is 15.1. The zero-order chi connectivity index (χ0) is 31.0. The molecule has 0 N–H and O–H groups in total. The zero-order valence-corrected chi connectivity index (χ0v) is 25.7. The molecule has 0 saturated heterocycles. The molecular formula is C43H33N3. The van der Waals surface area contributed by atoms with Crippen molar-refractivity contribution in [2.75, 3.05) is 4.90 Å². The molecule has 3 heteroatoms. The number of anilines is 3. The van der Waals surface area contributed by atoms with Gasteiger partial charge in [-0.25, -0.2) is 0 Å². The molecule has 0 fully saturated rings. The number of nitrogens with zero attached hydrogens (tertiary/aromatic N) is 3. The van der Waals surface area contributed by atoms with Crippen LogP contribution in [0.1, 0.15) is 18.2 Å². The summed E-state index contributed by atoms with van der Waals surface area (Å²) in [6.07, 6.45) is 6.22. The Hall–Kier alpha value is -6.06. The fourth-order valence-corrected chi connectivity index (χ4v) is 6.83. The van der Waals surface area contributed by atoms with E-state index < -0.39 is 0 Å². The zero-order valence-electron chi connectivity index (χ0n) is 25.7. The monoisotopic (exact) mass is 591 g/mol. The van der Waals surface area contributed by atoms with Gasteiger partial charge in [-0.05, 0) is 91.9 Å². The summed E-state index contributed by atoms with van der Waals surface area (Å²) in [5, 5.41) is 3.73. The number of aromatic nitrogens is 2. The summed E-state index contributed by atoms with van der Waals surface area (Å²) >= 11 is 0.